The van der Waals surface area contributed by atoms with E-state index in [1.807, 2.05) is 51.1 Å². The first-order valence-corrected chi connectivity index (χ1v) is 7.76. The average Bonchev–Trinajstić information content (AvgIpc) is 2.42. The highest BCUT2D eigenvalue weighted by Crippen LogP contribution is 2.17. The Kier molecular flexibility index (Phi) is 7.15. The summed E-state index contributed by atoms with van der Waals surface area (Å²) < 4.78 is 0. The summed E-state index contributed by atoms with van der Waals surface area (Å²) in [5, 5.41) is 5.21. The van der Waals surface area contributed by atoms with Gasteiger partial charge in [-0.05, 0) is 26.3 Å². The van der Waals surface area contributed by atoms with Crippen molar-refractivity contribution in [2.75, 3.05) is 6.54 Å². The van der Waals surface area contributed by atoms with Gasteiger partial charge in [-0.1, -0.05) is 30.3 Å². The average molecular weight is 294 g/mol. The van der Waals surface area contributed by atoms with Gasteiger partial charge in [0, 0.05) is 11.8 Å². The third kappa shape index (κ3) is 6.61. The molecule has 0 bridgehead atoms. The molecule has 0 radical (unpaired) electrons. The van der Waals surface area contributed by atoms with Crippen LogP contribution in [0, 0.1) is 0 Å². The normalized spacial score (nSPS) is 12.0. The molecule has 0 heterocycles. The zero-order chi connectivity index (χ0) is 15.0. The molecule has 0 aliphatic heterocycles. The van der Waals surface area contributed by atoms with E-state index in [0.29, 0.717) is 0 Å². The van der Waals surface area contributed by atoms with Gasteiger partial charge in [-0.2, -0.15) is 0 Å². The quantitative estimate of drug-likeness (QED) is 0.808. The van der Waals surface area contributed by atoms with E-state index >= 15 is 0 Å². The van der Waals surface area contributed by atoms with Crippen LogP contribution in [0.15, 0.2) is 30.3 Å². The van der Waals surface area contributed by atoms with E-state index in [1.165, 1.54) is 5.56 Å². The van der Waals surface area contributed by atoms with Crippen LogP contribution in [0.3, 0.4) is 0 Å². The molecule has 4 nitrogen and oxygen atoms in total. The Bertz CT molecular complexity index is 435. The highest BCUT2D eigenvalue weighted by molar-refractivity contribution is 7.99. The molecule has 0 saturated carbocycles. The van der Waals surface area contributed by atoms with Crippen LogP contribution in [0.5, 0.6) is 0 Å². The van der Waals surface area contributed by atoms with Crippen LogP contribution in [0.25, 0.3) is 0 Å². The van der Waals surface area contributed by atoms with E-state index in [1.54, 1.807) is 11.8 Å². The number of amides is 2. The van der Waals surface area contributed by atoms with Crippen molar-refractivity contribution in [3.05, 3.63) is 35.9 Å². The first kappa shape index (κ1) is 16.6. The molecule has 110 valence electrons. The summed E-state index contributed by atoms with van der Waals surface area (Å²) in [5.41, 5.74) is 1.19. The first-order valence-electron chi connectivity index (χ1n) is 6.71. The van der Waals surface area contributed by atoms with Crippen LogP contribution >= 0.6 is 11.8 Å². The second kappa shape index (κ2) is 8.64. The summed E-state index contributed by atoms with van der Waals surface area (Å²) in [7, 11) is 0. The lowest BCUT2D eigenvalue weighted by Gasteiger charge is -2.13. The molecule has 2 amide bonds. The standard InChI is InChI=1S/C15H22N2O2S/c1-11(2)17-14(18)9-16-15(19)12(3)20-10-13-7-5-4-6-8-13/h4-8,11-12H,9-10H2,1-3H3,(H,16,19)(H,17,18)/t12-/m1/s1. The molecule has 0 spiro atoms. The van der Waals surface area contributed by atoms with Crippen molar-refractivity contribution >= 4 is 23.6 Å². The van der Waals surface area contributed by atoms with Gasteiger partial charge < -0.3 is 10.6 Å². The zero-order valence-corrected chi connectivity index (χ0v) is 13.0. The summed E-state index contributed by atoms with van der Waals surface area (Å²) in [6, 6.07) is 10.1. The van der Waals surface area contributed by atoms with Gasteiger partial charge in [0.2, 0.25) is 11.8 Å². The monoisotopic (exact) mass is 294 g/mol. The predicted octanol–water partition coefficient (Wildman–Crippen LogP) is 1.95. The molecule has 0 saturated heterocycles. The van der Waals surface area contributed by atoms with E-state index in [-0.39, 0.29) is 29.7 Å². The Morgan fingerprint density at radius 3 is 2.40 bits per heavy atom. The van der Waals surface area contributed by atoms with Crippen molar-refractivity contribution in [3.8, 4) is 0 Å². The highest BCUT2D eigenvalue weighted by atomic mass is 32.2. The molecule has 0 aromatic heterocycles. The van der Waals surface area contributed by atoms with Crippen LogP contribution < -0.4 is 10.6 Å². The molecular weight excluding hydrogens is 272 g/mol. The van der Waals surface area contributed by atoms with Gasteiger partial charge in [0.25, 0.3) is 0 Å². The molecule has 5 heteroatoms. The van der Waals surface area contributed by atoms with Crippen LogP contribution in [0.2, 0.25) is 0 Å². The summed E-state index contributed by atoms with van der Waals surface area (Å²) in [4.78, 5) is 23.3. The van der Waals surface area contributed by atoms with Gasteiger partial charge in [-0.3, -0.25) is 9.59 Å². The SMILES string of the molecule is CC(C)NC(=O)CNC(=O)[C@@H](C)SCc1ccccc1. The molecule has 1 atom stereocenters. The zero-order valence-electron chi connectivity index (χ0n) is 12.2. The Labute approximate surface area is 124 Å². The maximum absolute atomic E-state index is 11.8. The van der Waals surface area contributed by atoms with E-state index in [2.05, 4.69) is 10.6 Å². The van der Waals surface area contributed by atoms with Gasteiger partial charge in [-0.25, -0.2) is 0 Å². The van der Waals surface area contributed by atoms with E-state index in [9.17, 15) is 9.59 Å². The van der Waals surface area contributed by atoms with E-state index in [4.69, 9.17) is 0 Å². The molecular formula is C15H22N2O2S. The van der Waals surface area contributed by atoms with Crippen molar-refractivity contribution < 1.29 is 9.59 Å². The lowest BCUT2D eigenvalue weighted by molar-refractivity contribution is -0.125. The first-order chi connectivity index (χ1) is 9.49. The minimum Gasteiger partial charge on any atom is -0.352 e. The maximum atomic E-state index is 11.8. The second-order valence-corrected chi connectivity index (χ2v) is 6.21. The summed E-state index contributed by atoms with van der Waals surface area (Å²) >= 11 is 1.56. The lowest BCUT2D eigenvalue weighted by Crippen LogP contribution is -2.42. The molecule has 0 fully saturated rings. The fourth-order valence-corrected chi connectivity index (χ4v) is 2.42. The summed E-state index contributed by atoms with van der Waals surface area (Å²) in [5.74, 6) is 0.520. The smallest absolute Gasteiger partial charge is 0.239 e. The van der Waals surface area contributed by atoms with Gasteiger partial charge in [0.1, 0.15) is 0 Å². The minimum absolute atomic E-state index is 0.0350. The van der Waals surface area contributed by atoms with Gasteiger partial charge >= 0.3 is 0 Å². The fraction of sp³-hybridized carbons (Fsp3) is 0.467. The highest BCUT2D eigenvalue weighted by Gasteiger charge is 2.14. The topological polar surface area (TPSA) is 58.2 Å². The van der Waals surface area contributed by atoms with Gasteiger partial charge in [0.05, 0.1) is 11.8 Å². The predicted molar refractivity (Wildman–Crippen MR) is 83.5 cm³/mol. The number of rotatable bonds is 7. The van der Waals surface area contributed by atoms with Crippen LogP contribution in [-0.4, -0.2) is 29.7 Å². The Morgan fingerprint density at radius 1 is 1.15 bits per heavy atom. The van der Waals surface area contributed by atoms with E-state index < -0.39 is 0 Å². The Balaban J connectivity index is 2.27. The molecule has 0 aliphatic carbocycles. The Morgan fingerprint density at radius 2 is 1.80 bits per heavy atom. The number of hydrogen-bond acceptors (Lipinski definition) is 3. The summed E-state index contributed by atoms with van der Waals surface area (Å²) in [6.45, 7) is 5.66. The summed E-state index contributed by atoms with van der Waals surface area (Å²) in [6.07, 6.45) is 0. The van der Waals surface area contributed by atoms with Crippen molar-refractivity contribution in [1.82, 2.24) is 10.6 Å². The van der Waals surface area contributed by atoms with Gasteiger partial charge in [-0.15, -0.1) is 11.8 Å². The number of benzene rings is 1. The minimum atomic E-state index is -0.179. The third-order valence-corrected chi connectivity index (χ3v) is 3.80. The number of thioether (sulfide) groups is 1. The molecule has 2 N–H and O–H groups in total. The van der Waals surface area contributed by atoms with Crippen molar-refractivity contribution in [3.63, 3.8) is 0 Å². The van der Waals surface area contributed by atoms with Gasteiger partial charge in [0.15, 0.2) is 0 Å². The van der Waals surface area contributed by atoms with Crippen LogP contribution in [0.4, 0.5) is 0 Å². The maximum Gasteiger partial charge on any atom is 0.239 e. The van der Waals surface area contributed by atoms with Crippen molar-refractivity contribution in [1.29, 1.82) is 0 Å². The molecule has 0 aliphatic rings. The number of nitrogens with one attached hydrogen (secondary N) is 2. The van der Waals surface area contributed by atoms with Crippen LogP contribution in [0.1, 0.15) is 26.3 Å². The number of carbonyl (C=O) groups is 2. The molecule has 1 aromatic carbocycles. The molecule has 1 rings (SSSR count). The number of carbonyl (C=O) groups excluding carboxylic acids is 2. The third-order valence-electron chi connectivity index (χ3n) is 2.58. The van der Waals surface area contributed by atoms with E-state index in [0.717, 1.165) is 5.75 Å². The molecule has 20 heavy (non-hydrogen) atoms. The molecule has 0 unspecified atom stereocenters. The van der Waals surface area contributed by atoms with Crippen LogP contribution in [-0.2, 0) is 15.3 Å². The Hall–Kier alpha value is -1.49. The second-order valence-electron chi connectivity index (χ2n) is 4.88. The molecule has 1 aromatic rings. The lowest BCUT2D eigenvalue weighted by atomic mass is 10.2. The number of hydrogen-bond donors (Lipinski definition) is 2. The largest absolute Gasteiger partial charge is 0.352 e. The van der Waals surface area contributed by atoms with Crippen molar-refractivity contribution in [2.45, 2.75) is 37.8 Å². The van der Waals surface area contributed by atoms with Crippen molar-refractivity contribution in [2.24, 2.45) is 0 Å². The fourth-order valence-electron chi connectivity index (χ4n) is 1.56.